The van der Waals surface area contributed by atoms with E-state index < -0.39 is 0 Å². The number of pyridine rings is 1. The van der Waals surface area contributed by atoms with Crippen LogP contribution < -0.4 is 4.74 Å². The Morgan fingerprint density at radius 1 is 1.54 bits per heavy atom. The first-order chi connectivity index (χ1) is 6.36. The molecule has 1 rings (SSSR count). The average molecular weight is 198 g/mol. The number of alkyl halides is 1. The monoisotopic (exact) mass is 197 g/mol. The van der Waals surface area contributed by atoms with E-state index in [-0.39, 0.29) is 0 Å². The van der Waals surface area contributed by atoms with Crippen LogP contribution in [0.25, 0.3) is 6.08 Å². The van der Waals surface area contributed by atoms with Gasteiger partial charge in [-0.25, -0.2) is 0 Å². The van der Waals surface area contributed by atoms with Gasteiger partial charge in [-0.15, -0.1) is 11.6 Å². The van der Waals surface area contributed by atoms with E-state index in [1.54, 1.807) is 19.5 Å². The van der Waals surface area contributed by atoms with Crippen LogP contribution >= 0.6 is 11.6 Å². The first kappa shape index (κ1) is 10.1. The molecular formula is C10H12ClNO. The smallest absolute Gasteiger partial charge is 0.137 e. The SMILES string of the molecule is COc1cncc(/C=C/CCCl)c1. The zero-order chi connectivity index (χ0) is 9.52. The molecule has 0 aliphatic rings. The Morgan fingerprint density at radius 3 is 3.08 bits per heavy atom. The van der Waals surface area contributed by atoms with E-state index in [4.69, 9.17) is 16.3 Å². The Balaban J connectivity index is 2.66. The Hall–Kier alpha value is -1.02. The van der Waals surface area contributed by atoms with Crippen LogP contribution in [-0.2, 0) is 0 Å². The molecule has 1 aromatic rings. The molecular weight excluding hydrogens is 186 g/mol. The van der Waals surface area contributed by atoms with Crippen LogP contribution in [0.15, 0.2) is 24.5 Å². The lowest BCUT2D eigenvalue weighted by Crippen LogP contribution is -1.84. The van der Waals surface area contributed by atoms with Crippen molar-refractivity contribution in [1.29, 1.82) is 0 Å². The summed E-state index contributed by atoms with van der Waals surface area (Å²) in [6, 6.07) is 1.93. The maximum Gasteiger partial charge on any atom is 0.137 e. The van der Waals surface area contributed by atoms with Crippen LogP contribution in [0.3, 0.4) is 0 Å². The maximum absolute atomic E-state index is 5.53. The molecule has 1 aromatic heterocycles. The van der Waals surface area contributed by atoms with Crippen molar-refractivity contribution in [3.05, 3.63) is 30.1 Å². The summed E-state index contributed by atoms with van der Waals surface area (Å²) in [5.41, 5.74) is 1.03. The molecule has 0 amide bonds. The van der Waals surface area contributed by atoms with Crippen LogP contribution in [-0.4, -0.2) is 18.0 Å². The lowest BCUT2D eigenvalue weighted by atomic mass is 10.2. The number of methoxy groups -OCH3 is 1. The van der Waals surface area contributed by atoms with Gasteiger partial charge in [0.25, 0.3) is 0 Å². The molecule has 0 atom stereocenters. The summed E-state index contributed by atoms with van der Waals surface area (Å²) in [6.45, 7) is 0. The normalized spacial score (nSPS) is 10.6. The predicted octanol–water partition coefficient (Wildman–Crippen LogP) is 2.73. The first-order valence-corrected chi connectivity index (χ1v) is 4.62. The summed E-state index contributed by atoms with van der Waals surface area (Å²) in [6.07, 6.45) is 8.34. The second-order valence-corrected chi connectivity index (χ2v) is 2.92. The standard InChI is InChI=1S/C10H12ClNO/c1-13-10-6-9(7-12-8-10)4-2-3-5-11/h2,4,6-8H,3,5H2,1H3/b4-2+. The number of halogens is 1. The largest absolute Gasteiger partial charge is 0.495 e. The van der Waals surface area contributed by atoms with Gasteiger partial charge < -0.3 is 4.74 Å². The molecule has 13 heavy (non-hydrogen) atoms. The van der Waals surface area contributed by atoms with Gasteiger partial charge in [-0.05, 0) is 18.1 Å². The van der Waals surface area contributed by atoms with Crippen molar-refractivity contribution in [3.8, 4) is 5.75 Å². The Labute approximate surface area is 83.2 Å². The quantitative estimate of drug-likeness (QED) is 0.693. The summed E-state index contributed by atoms with van der Waals surface area (Å²) in [4.78, 5) is 4.02. The molecule has 0 N–H and O–H groups in total. The van der Waals surface area contributed by atoms with Crippen LogP contribution in [0.2, 0.25) is 0 Å². The van der Waals surface area contributed by atoms with Crippen molar-refractivity contribution in [2.24, 2.45) is 0 Å². The number of hydrogen-bond acceptors (Lipinski definition) is 2. The first-order valence-electron chi connectivity index (χ1n) is 4.08. The fraction of sp³-hybridized carbons (Fsp3) is 0.300. The molecule has 0 bridgehead atoms. The fourth-order valence-electron chi connectivity index (χ4n) is 0.921. The lowest BCUT2D eigenvalue weighted by Gasteiger charge is -1.98. The number of ether oxygens (including phenoxy) is 1. The highest BCUT2D eigenvalue weighted by atomic mass is 35.5. The van der Waals surface area contributed by atoms with Crippen LogP contribution in [0.5, 0.6) is 5.75 Å². The summed E-state index contributed by atoms with van der Waals surface area (Å²) in [7, 11) is 1.63. The third-order valence-electron chi connectivity index (χ3n) is 1.56. The van der Waals surface area contributed by atoms with Crippen molar-refractivity contribution >= 4 is 17.7 Å². The summed E-state index contributed by atoms with van der Waals surface area (Å²) < 4.78 is 5.04. The van der Waals surface area contributed by atoms with Crippen LogP contribution in [0, 0.1) is 0 Å². The van der Waals surface area contributed by atoms with Gasteiger partial charge in [0, 0.05) is 12.1 Å². The average Bonchev–Trinajstić information content (AvgIpc) is 2.19. The number of aromatic nitrogens is 1. The summed E-state index contributed by atoms with van der Waals surface area (Å²) >= 11 is 5.53. The molecule has 0 saturated heterocycles. The predicted molar refractivity (Wildman–Crippen MR) is 55.2 cm³/mol. The number of nitrogens with zero attached hydrogens (tertiary/aromatic N) is 1. The van der Waals surface area contributed by atoms with E-state index in [2.05, 4.69) is 4.98 Å². The Bertz CT molecular complexity index is 286. The summed E-state index contributed by atoms with van der Waals surface area (Å²) in [5.74, 6) is 1.42. The zero-order valence-corrected chi connectivity index (χ0v) is 8.29. The molecule has 0 aliphatic carbocycles. The van der Waals surface area contributed by atoms with Gasteiger partial charge in [-0.2, -0.15) is 0 Å². The fourth-order valence-corrected chi connectivity index (χ4v) is 1.05. The Morgan fingerprint density at radius 2 is 2.38 bits per heavy atom. The van der Waals surface area contributed by atoms with Crippen LogP contribution in [0.4, 0.5) is 0 Å². The van der Waals surface area contributed by atoms with Crippen molar-refractivity contribution in [2.45, 2.75) is 6.42 Å². The number of hydrogen-bond donors (Lipinski definition) is 0. The topological polar surface area (TPSA) is 22.1 Å². The van der Waals surface area contributed by atoms with Crippen molar-refractivity contribution in [2.75, 3.05) is 13.0 Å². The highest BCUT2D eigenvalue weighted by Crippen LogP contribution is 2.11. The van der Waals surface area contributed by atoms with Crippen molar-refractivity contribution in [1.82, 2.24) is 4.98 Å². The molecule has 0 aliphatic heterocycles. The molecule has 70 valence electrons. The minimum absolute atomic E-state index is 0.647. The minimum atomic E-state index is 0.647. The van der Waals surface area contributed by atoms with E-state index in [9.17, 15) is 0 Å². The highest BCUT2D eigenvalue weighted by Gasteiger charge is 1.91. The van der Waals surface area contributed by atoms with E-state index >= 15 is 0 Å². The lowest BCUT2D eigenvalue weighted by molar-refractivity contribution is 0.413. The molecule has 1 heterocycles. The molecule has 0 fully saturated rings. The van der Waals surface area contributed by atoms with Crippen LogP contribution in [0.1, 0.15) is 12.0 Å². The zero-order valence-electron chi connectivity index (χ0n) is 7.53. The Kier molecular flexibility index (Phi) is 4.33. The highest BCUT2D eigenvalue weighted by molar-refractivity contribution is 6.17. The van der Waals surface area contributed by atoms with E-state index in [0.29, 0.717) is 5.88 Å². The molecule has 0 spiro atoms. The second-order valence-electron chi connectivity index (χ2n) is 2.54. The van der Waals surface area contributed by atoms with Gasteiger partial charge in [-0.3, -0.25) is 4.98 Å². The van der Waals surface area contributed by atoms with Gasteiger partial charge in [0.05, 0.1) is 13.3 Å². The van der Waals surface area contributed by atoms with Gasteiger partial charge in [0.2, 0.25) is 0 Å². The van der Waals surface area contributed by atoms with Gasteiger partial charge in [0.1, 0.15) is 5.75 Å². The van der Waals surface area contributed by atoms with Gasteiger partial charge in [0.15, 0.2) is 0 Å². The van der Waals surface area contributed by atoms with E-state index in [1.165, 1.54) is 0 Å². The van der Waals surface area contributed by atoms with E-state index in [1.807, 2.05) is 18.2 Å². The minimum Gasteiger partial charge on any atom is -0.495 e. The molecule has 0 saturated carbocycles. The third-order valence-corrected chi connectivity index (χ3v) is 1.77. The van der Waals surface area contributed by atoms with Gasteiger partial charge in [-0.1, -0.05) is 12.2 Å². The van der Waals surface area contributed by atoms with Gasteiger partial charge >= 0.3 is 0 Å². The molecule has 0 unspecified atom stereocenters. The third kappa shape index (κ3) is 3.47. The summed E-state index contributed by atoms with van der Waals surface area (Å²) in [5, 5.41) is 0. The second kappa shape index (κ2) is 5.60. The molecule has 0 radical (unpaired) electrons. The molecule has 3 heteroatoms. The molecule has 0 aromatic carbocycles. The number of rotatable bonds is 4. The number of allylic oxidation sites excluding steroid dienone is 1. The maximum atomic E-state index is 5.53. The van der Waals surface area contributed by atoms with Crippen molar-refractivity contribution in [3.63, 3.8) is 0 Å². The van der Waals surface area contributed by atoms with Crippen molar-refractivity contribution < 1.29 is 4.74 Å². The molecule has 2 nitrogen and oxygen atoms in total. The van der Waals surface area contributed by atoms with E-state index in [0.717, 1.165) is 17.7 Å².